The molecule has 0 spiro atoms. The fraction of sp³-hybridized carbons (Fsp3) is 0.591. The lowest BCUT2D eigenvalue weighted by atomic mass is 9.71. The number of carbonyl (C=O) groups is 2. The Kier molecular flexibility index (Phi) is 6.90. The standard InChI is InChI=1S/C22H32N4O2S/c1-14(2)19(23)20(28)24-13-22(9-5-4-6-10-22)12-18(27)26-21-25-16-8-7-15(3)11-17(16)29-21/h7-8,11,14,19H,4-6,9-10,12-13,23H2,1-3H3,(H,24,28)(H,25,26,27)/t19-/m0/s1. The van der Waals surface area contributed by atoms with Crippen molar-refractivity contribution >= 4 is 38.5 Å². The highest BCUT2D eigenvalue weighted by Gasteiger charge is 2.35. The Labute approximate surface area is 176 Å². The third kappa shape index (κ3) is 5.54. The lowest BCUT2D eigenvalue weighted by Gasteiger charge is -2.37. The zero-order chi connectivity index (χ0) is 21.0. The van der Waals surface area contributed by atoms with Gasteiger partial charge in [0.15, 0.2) is 5.13 Å². The first kappa shape index (κ1) is 21.7. The van der Waals surface area contributed by atoms with Crippen molar-refractivity contribution in [3.05, 3.63) is 23.8 Å². The molecule has 4 N–H and O–H groups in total. The molecular formula is C22H32N4O2S. The van der Waals surface area contributed by atoms with Crippen molar-refractivity contribution in [2.24, 2.45) is 17.1 Å². The second kappa shape index (κ2) is 9.22. The van der Waals surface area contributed by atoms with Gasteiger partial charge in [0.25, 0.3) is 0 Å². The predicted molar refractivity (Wildman–Crippen MR) is 119 cm³/mol. The van der Waals surface area contributed by atoms with E-state index in [-0.39, 0.29) is 23.1 Å². The molecule has 0 saturated heterocycles. The second-order valence-electron chi connectivity index (χ2n) is 8.76. The van der Waals surface area contributed by atoms with E-state index in [1.807, 2.05) is 32.9 Å². The van der Waals surface area contributed by atoms with E-state index in [1.54, 1.807) is 0 Å². The highest BCUT2D eigenvalue weighted by molar-refractivity contribution is 7.22. The van der Waals surface area contributed by atoms with Crippen LogP contribution < -0.4 is 16.4 Å². The summed E-state index contributed by atoms with van der Waals surface area (Å²) in [7, 11) is 0. The molecule has 1 aliphatic carbocycles. The number of thiazole rings is 1. The summed E-state index contributed by atoms with van der Waals surface area (Å²) >= 11 is 1.50. The number of anilines is 1. The molecule has 158 valence electrons. The van der Waals surface area contributed by atoms with E-state index >= 15 is 0 Å². The Morgan fingerprint density at radius 1 is 1.24 bits per heavy atom. The molecule has 1 aromatic heterocycles. The fourth-order valence-corrected chi connectivity index (χ4v) is 4.98. The summed E-state index contributed by atoms with van der Waals surface area (Å²) in [4.78, 5) is 29.7. The molecule has 29 heavy (non-hydrogen) atoms. The first-order valence-electron chi connectivity index (χ1n) is 10.5. The lowest BCUT2D eigenvalue weighted by molar-refractivity contribution is -0.125. The molecule has 0 bridgehead atoms. The van der Waals surface area contributed by atoms with Crippen LogP contribution in [0.2, 0.25) is 0 Å². The average Bonchev–Trinajstić information content (AvgIpc) is 3.07. The Hall–Kier alpha value is -1.99. The number of rotatable bonds is 7. The van der Waals surface area contributed by atoms with Crippen molar-refractivity contribution in [1.82, 2.24) is 10.3 Å². The van der Waals surface area contributed by atoms with E-state index in [0.29, 0.717) is 18.1 Å². The summed E-state index contributed by atoms with van der Waals surface area (Å²) < 4.78 is 1.07. The monoisotopic (exact) mass is 416 g/mol. The molecule has 1 aliphatic rings. The van der Waals surface area contributed by atoms with E-state index in [0.717, 1.165) is 35.9 Å². The second-order valence-corrected chi connectivity index (χ2v) is 9.79. The van der Waals surface area contributed by atoms with E-state index in [4.69, 9.17) is 5.73 Å². The fourth-order valence-electron chi connectivity index (χ4n) is 4.00. The van der Waals surface area contributed by atoms with Gasteiger partial charge in [0.2, 0.25) is 11.8 Å². The summed E-state index contributed by atoms with van der Waals surface area (Å²) in [6, 6.07) is 5.57. The molecule has 1 fully saturated rings. The number of aromatic nitrogens is 1. The predicted octanol–water partition coefficient (Wildman–Crippen LogP) is 3.98. The SMILES string of the molecule is Cc1ccc2nc(NC(=O)CC3(CNC(=O)[C@@H](N)C(C)C)CCCCC3)sc2c1. The van der Waals surface area contributed by atoms with Gasteiger partial charge in [-0.2, -0.15) is 0 Å². The van der Waals surface area contributed by atoms with Gasteiger partial charge >= 0.3 is 0 Å². The number of benzene rings is 1. The van der Waals surface area contributed by atoms with Crippen LogP contribution in [0.25, 0.3) is 10.2 Å². The molecule has 1 atom stereocenters. The third-order valence-electron chi connectivity index (χ3n) is 5.90. The van der Waals surface area contributed by atoms with E-state index in [9.17, 15) is 9.59 Å². The van der Waals surface area contributed by atoms with Gasteiger partial charge < -0.3 is 16.4 Å². The number of aryl methyl sites for hydroxylation is 1. The van der Waals surface area contributed by atoms with E-state index in [2.05, 4.69) is 21.7 Å². The normalized spacial score (nSPS) is 17.3. The number of hydrogen-bond donors (Lipinski definition) is 3. The maximum atomic E-state index is 12.8. The minimum atomic E-state index is -0.518. The van der Waals surface area contributed by atoms with Gasteiger partial charge in [-0.25, -0.2) is 4.98 Å². The molecule has 1 saturated carbocycles. The van der Waals surface area contributed by atoms with Crippen LogP contribution in [0.3, 0.4) is 0 Å². The summed E-state index contributed by atoms with van der Waals surface area (Å²) in [5.74, 6) is -0.0831. The Morgan fingerprint density at radius 3 is 2.66 bits per heavy atom. The van der Waals surface area contributed by atoms with Gasteiger partial charge in [-0.05, 0) is 48.8 Å². The molecule has 0 unspecified atom stereocenters. The zero-order valence-electron chi connectivity index (χ0n) is 17.6. The number of fused-ring (bicyclic) bond motifs is 1. The Morgan fingerprint density at radius 2 is 1.97 bits per heavy atom. The van der Waals surface area contributed by atoms with Gasteiger partial charge in [0, 0.05) is 13.0 Å². The highest BCUT2D eigenvalue weighted by atomic mass is 32.1. The average molecular weight is 417 g/mol. The van der Waals surface area contributed by atoms with Crippen molar-refractivity contribution in [2.75, 3.05) is 11.9 Å². The van der Waals surface area contributed by atoms with Crippen LogP contribution in [0.1, 0.15) is 57.9 Å². The highest BCUT2D eigenvalue weighted by Crippen LogP contribution is 2.39. The van der Waals surface area contributed by atoms with Crippen LogP contribution in [-0.4, -0.2) is 29.4 Å². The minimum Gasteiger partial charge on any atom is -0.354 e. The van der Waals surface area contributed by atoms with Crippen molar-refractivity contribution in [2.45, 2.75) is 65.3 Å². The first-order chi connectivity index (χ1) is 13.8. The molecule has 7 heteroatoms. The van der Waals surface area contributed by atoms with Crippen LogP contribution in [-0.2, 0) is 9.59 Å². The minimum absolute atomic E-state index is 0.0370. The van der Waals surface area contributed by atoms with E-state index in [1.165, 1.54) is 23.3 Å². The maximum Gasteiger partial charge on any atom is 0.237 e. The van der Waals surface area contributed by atoms with Crippen molar-refractivity contribution in [1.29, 1.82) is 0 Å². The molecule has 0 radical (unpaired) electrons. The smallest absolute Gasteiger partial charge is 0.237 e. The Balaban J connectivity index is 1.65. The largest absolute Gasteiger partial charge is 0.354 e. The number of hydrogen-bond acceptors (Lipinski definition) is 5. The van der Waals surface area contributed by atoms with Gasteiger partial charge in [0.1, 0.15) is 0 Å². The van der Waals surface area contributed by atoms with Crippen LogP contribution in [0.4, 0.5) is 5.13 Å². The third-order valence-corrected chi connectivity index (χ3v) is 6.83. The van der Waals surface area contributed by atoms with Gasteiger partial charge in [-0.3, -0.25) is 9.59 Å². The zero-order valence-corrected chi connectivity index (χ0v) is 18.4. The molecule has 1 aromatic carbocycles. The topological polar surface area (TPSA) is 97.1 Å². The van der Waals surface area contributed by atoms with Crippen LogP contribution >= 0.6 is 11.3 Å². The molecule has 3 rings (SSSR count). The van der Waals surface area contributed by atoms with Crippen molar-refractivity contribution in [3.8, 4) is 0 Å². The van der Waals surface area contributed by atoms with Gasteiger partial charge in [0.05, 0.1) is 16.3 Å². The van der Waals surface area contributed by atoms with Crippen molar-refractivity contribution < 1.29 is 9.59 Å². The molecule has 6 nitrogen and oxygen atoms in total. The number of nitrogens with one attached hydrogen (secondary N) is 2. The molecule has 0 aliphatic heterocycles. The number of nitrogens with zero attached hydrogens (tertiary/aromatic N) is 1. The summed E-state index contributed by atoms with van der Waals surface area (Å²) in [5, 5.41) is 6.63. The molecule has 1 heterocycles. The summed E-state index contributed by atoms with van der Waals surface area (Å²) in [5.41, 5.74) is 7.84. The summed E-state index contributed by atoms with van der Waals surface area (Å²) in [6.07, 6.45) is 5.62. The molecule has 2 aromatic rings. The Bertz CT molecular complexity index is 871. The van der Waals surface area contributed by atoms with Crippen molar-refractivity contribution in [3.63, 3.8) is 0 Å². The lowest BCUT2D eigenvalue weighted by Crippen LogP contribution is -2.48. The number of carbonyl (C=O) groups excluding carboxylic acids is 2. The molecule has 2 amide bonds. The quantitative estimate of drug-likeness (QED) is 0.636. The van der Waals surface area contributed by atoms with Crippen LogP contribution in [0.15, 0.2) is 18.2 Å². The van der Waals surface area contributed by atoms with Crippen LogP contribution in [0.5, 0.6) is 0 Å². The summed E-state index contributed by atoms with van der Waals surface area (Å²) in [6.45, 7) is 6.42. The van der Waals surface area contributed by atoms with Crippen LogP contribution in [0, 0.1) is 18.3 Å². The maximum absolute atomic E-state index is 12.8. The number of amides is 2. The van der Waals surface area contributed by atoms with E-state index < -0.39 is 6.04 Å². The van der Waals surface area contributed by atoms with Gasteiger partial charge in [-0.1, -0.05) is 50.5 Å². The molecular weight excluding hydrogens is 384 g/mol. The van der Waals surface area contributed by atoms with Gasteiger partial charge in [-0.15, -0.1) is 0 Å². The first-order valence-corrected chi connectivity index (χ1v) is 11.3. The number of nitrogens with two attached hydrogens (primary N) is 1.